The summed E-state index contributed by atoms with van der Waals surface area (Å²) in [6, 6.07) is 0.623. The number of aryl methyl sites for hydroxylation is 1. The van der Waals surface area contributed by atoms with Crippen molar-refractivity contribution in [2.45, 2.75) is 52.1 Å². The number of rotatable bonds is 7. The molecule has 1 aromatic rings. The minimum absolute atomic E-state index is 0.623. The summed E-state index contributed by atoms with van der Waals surface area (Å²) in [5.74, 6) is 1.60. The topological polar surface area (TPSA) is 54.2 Å². The molecule has 1 aliphatic rings. The second-order valence-electron chi connectivity index (χ2n) is 4.97. The predicted octanol–water partition coefficient (Wildman–Crippen LogP) is 1.60. The van der Waals surface area contributed by atoms with Crippen LogP contribution in [0.1, 0.15) is 44.8 Å². The van der Waals surface area contributed by atoms with Crippen LogP contribution in [0.25, 0.3) is 0 Å². The molecule has 0 spiro atoms. The second-order valence-corrected chi connectivity index (χ2v) is 4.97. The second kappa shape index (κ2) is 6.85. The maximum atomic E-state index is 5.24. The number of hydrogen-bond acceptors (Lipinski definition) is 5. The van der Waals surface area contributed by atoms with Crippen LogP contribution in [0.3, 0.4) is 0 Å². The van der Waals surface area contributed by atoms with E-state index in [1.165, 1.54) is 6.42 Å². The molecule has 1 N–H and O–H groups in total. The molecule has 5 heteroatoms. The summed E-state index contributed by atoms with van der Waals surface area (Å²) in [5.41, 5.74) is 0. The third kappa shape index (κ3) is 3.53. The van der Waals surface area contributed by atoms with Gasteiger partial charge in [-0.1, -0.05) is 19.0 Å². The van der Waals surface area contributed by atoms with Crippen LogP contribution >= 0.6 is 0 Å². The molecule has 0 aliphatic carbocycles. The van der Waals surface area contributed by atoms with Gasteiger partial charge in [-0.3, -0.25) is 4.90 Å². The molecule has 102 valence electrons. The lowest BCUT2D eigenvalue weighted by molar-refractivity contribution is 0.192. The largest absolute Gasteiger partial charge is 0.339 e. The van der Waals surface area contributed by atoms with Crippen LogP contribution in [0, 0.1) is 0 Å². The van der Waals surface area contributed by atoms with Crippen LogP contribution in [-0.4, -0.2) is 40.7 Å². The zero-order valence-corrected chi connectivity index (χ0v) is 11.5. The minimum atomic E-state index is 0.623. The average Bonchev–Trinajstić information content (AvgIpc) is 3.00. The molecule has 0 aromatic carbocycles. The van der Waals surface area contributed by atoms with Crippen LogP contribution in [0.4, 0.5) is 0 Å². The first-order valence-electron chi connectivity index (χ1n) is 7.09. The third-order valence-corrected chi connectivity index (χ3v) is 3.38. The fourth-order valence-electron chi connectivity index (χ4n) is 2.48. The quantitative estimate of drug-likeness (QED) is 0.798. The number of aromatic nitrogens is 2. The summed E-state index contributed by atoms with van der Waals surface area (Å²) in [4.78, 5) is 6.93. The fraction of sp³-hybridized carbons (Fsp3) is 0.846. The van der Waals surface area contributed by atoms with E-state index < -0.39 is 0 Å². The molecule has 1 atom stereocenters. The van der Waals surface area contributed by atoms with E-state index in [2.05, 4.69) is 34.2 Å². The summed E-state index contributed by atoms with van der Waals surface area (Å²) in [7, 11) is 0. The van der Waals surface area contributed by atoms with Crippen molar-refractivity contribution in [1.29, 1.82) is 0 Å². The molecule has 1 unspecified atom stereocenters. The van der Waals surface area contributed by atoms with Gasteiger partial charge in [-0.2, -0.15) is 4.98 Å². The molecule has 1 fully saturated rings. The van der Waals surface area contributed by atoms with Crippen LogP contribution in [0.2, 0.25) is 0 Å². The van der Waals surface area contributed by atoms with E-state index in [0.29, 0.717) is 6.04 Å². The molecule has 2 heterocycles. The maximum Gasteiger partial charge on any atom is 0.226 e. The van der Waals surface area contributed by atoms with Gasteiger partial charge in [-0.25, -0.2) is 0 Å². The molecule has 1 aliphatic heterocycles. The zero-order valence-electron chi connectivity index (χ0n) is 11.5. The smallest absolute Gasteiger partial charge is 0.226 e. The van der Waals surface area contributed by atoms with Gasteiger partial charge in [0.2, 0.25) is 5.89 Å². The molecule has 2 rings (SSSR count). The van der Waals surface area contributed by atoms with Gasteiger partial charge in [-0.05, 0) is 32.4 Å². The van der Waals surface area contributed by atoms with Crippen molar-refractivity contribution in [3.8, 4) is 0 Å². The van der Waals surface area contributed by atoms with Crippen molar-refractivity contribution in [2.24, 2.45) is 0 Å². The Labute approximate surface area is 109 Å². The number of nitrogens with one attached hydrogen (secondary N) is 1. The first kappa shape index (κ1) is 13.5. The normalized spacial score (nSPS) is 19.8. The summed E-state index contributed by atoms with van der Waals surface area (Å²) >= 11 is 0. The Morgan fingerprint density at radius 1 is 1.39 bits per heavy atom. The van der Waals surface area contributed by atoms with Crippen LogP contribution in [0.15, 0.2) is 4.52 Å². The molecular weight excluding hydrogens is 228 g/mol. The van der Waals surface area contributed by atoms with E-state index in [-0.39, 0.29) is 0 Å². The van der Waals surface area contributed by atoms with E-state index in [1.54, 1.807) is 0 Å². The minimum Gasteiger partial charge on any atom is -0.339 e. The Morgan fingerprint density at radius 3 is 2.94 bits per heavy atom. The average molecular weight is 252 g/mol. The van der Waals surface area contributed by atoms with E-state index in [4.69, 9.17) is 4.52 Å². The third-order valence-electron chi connectivity index (χ3n) is 3.38. The van der Waals surface area contributed by atoms with Gasteiger partial charge in [0.25, 0.3) is 0 Å². The van der Waals surface area contributed by atoms with Gasteiger partial charge < -0.3 is 9.84 Å². The highest BCUT2D eigenvalue weighted by Crippen LogP contribution is 2.13. The van der Waals surface area contributed by atoms with Crippen molar-refractivity contribution in [3.05, 3.63) is 11.7 Å². The van der Waals surface area contributed by atoms with Gasteiger partial charge in [0, 0.05) is 19.0 Å². The lowest BCUT2D eigenvalue weighted by Gasteiger charge is -2.26. The standard InChI is InChI=1S/C13H24N4O/c1-3-5-13-15-12(16-18-13)10-17(8-4-2)11-6-7-14-9-11/h11,14H,3-10H2,1-2H3. The first-order chi connectivity index (χ1) is 8.83. The fourth-order valence-corrected chi connectivity index (χ4v) is 2.48. The Balaban J connectivity index is 1.93. The maximum absolute atomic E-state index is 5.24. The Morgan fingerprint density at radius 2 is 2.28 bits per heavy atom. The van der Waals surface area contributed by atoms with Crippen molar-refractivity contribution in [1.82, 2.24) is 20.4 Å². The molecule has 0 bridgehead atoms. The van der Waals surface area contributed by atoms with Gasteiger partial charge >= 0.3 is 0 Å². The highest BCUT2D eigenvalue weighted by Gasteiger charge is 2.23. The van der Waals surface area contributed by atoms with Crippen LogP contribution in [-0.2, 0) is 13.0 Å². The van der Waals surface area contributed by atoms with E-state index in [0.717, 1.165) is 57.2 Å². The molecule has 1 aromatic heterocycles. The Hall–Kier alpha value is -0.940. The zero-order chi connectivity index (χ0) is 12.8. The van der Waals surface area contributed by atoms with E-state index in [1.807, 2.05) is 0 Å². The predicted molar refractivity (Wildman–Crippen MR) is 70.3 cm³/mol. The molecule has 0 amide bonds. The molecule has 18 heavy (non-hydrogen) atoms. The van der Waals surface area contributed by atoms with Crippen molar-refractivity contribution < 1.29 is 4.52 Å². The van der Waals surface area contributed by atoms with Crippen LogP contribution < -0.4 is 5.32 Å². The van der Waals surface area contributed by atoms with Gasteiger partial charge in [0.05, 0.1) is 6.54 Å². The summed E-state index contributed by atoms with van der Waals surface area (Å²) < 4.78 is 5.24. The van der Waals surface area contributed by atoms with Crippen molar-refractivity contribution in [3.63, 3.8) is 0 Å². The Kier molecular flexibility index (Phi) is 5.13. The first-order valence-corrected chi connectivity index (χ1v) is 7.09. The summed E-state index contributed by atoms with van der Waals surface area (Å²) in [6.45, 7) is 8.46. The van der Waals surface area contributed by atoms with Crippen molar-refractivity contribution in [2.75, 3.05) is 19.6 Å². The lowest BCUT2D eigenvalue weighted by Crippen LogP contribution is -2.37. The van der Waals surface area contributed by atoms with Gasteiger partial charge in [-0.15, -0.1) is 0 Å². The van der Waals surface area contributed by atoms with Crippen LogP contribution in [0.5, 0.6) is 0 Å². The lowest BCUT2D eigenvalue weighted by atomic mass is 10.2. The Bertz CT molecular complexity index is 347. The molecule has 5 nitrogen and oxygen atoms in total. The molecular formula is C13H24N4O. The van der Waals surface area contributed by atoms with Gasteiger partial charge in [0.15, 0.2) is 5.82 Å². The summed E-state index contributed by atoms with van der Waals surface area (Å²) in [5, 5.41) is 7.50. The number of hydrogen-bond donors (Lipinski definition) is 1. The molecule has 1 saturated heterocycles. The van der Waals surface area contributed by atoms with Crippen molar-refractivity contribution >= 4 is 0 Å². The van der Waals surface area contributed by atoms with E-state index >= 15 is 0 Å². The number of nitrogens with zero attached hydrogens (tertiary/aromatic N) is 3. The van der Waals surface area contributed by atoms with Gasteiger partial charge in [0.1, 0.15) is 0 Å². The molecule has 0 radical (unpaired) electrons. The monoisotopic (exact) mass is 252 g/mol. The SMILES string of the molecule is CCCc1nc(CN(CCC)C2CCNC2)no1. The molecule has 0 saturated carbocycles. The van der Waals surface area contributed by atoms with E-state index in [9.17, 15) is 0 Å². The highest BCUT2D eigenvalue weighted by atomic mass is 16.5. The highest BCUT2D eigenvalue weighted by molar-refractivity contribution is 4.89. The summed E-state index contributed by atoms with van der Waals surface area (Å²) in [6.07, 6.45) is 4.31.